The molecule has 5 nitrogen and oxygen atoms in total. The zero-order chi connectivity index (χ0) is 13.0. The van der Waals surface area contributed by atoms with E-state index in [0.29, 0.717) is 0 Å². The summed E-state index contributed by atoms with van der Waals surface area (Å²) in [5.41, 5.74) is 7.75. The summed E-state index contributed by atoms with van der Waals surface area (Å²) in [7, 11) is 0. The number of pyridine rings is 1. The molecule has 1 aromatic heterocycles. The molecule has 0 fully saturated rings. The van der Waals surface area contributed by atoms with E-state index in [-0.39, 0.29) is 11.6 Å². The molecule has 0 bridgehead atoms. The van der Waals surface area contributed by atoms with Gasteiger partial charge in [0.1, 0.15) is 0 Å². The summed E-state index contributed by atoms with van der Waals surface area (Å²) < 4.78 is 0. The van der Waals surface area contributed by atoms with Gasteiger partial charge in [-0.05, 0) is 34.4 Å². The first-order chi connectivity index (χ1) is 8.66. The highest BCUT2D eigenvalue weighted by molar-refractivity contribution is 5.44. The second-order valence-corrected chi connectivity index (χ2v) is 3.96. The first-order valence-corrected chi connectivity index (χ1v) is 5.60. The standard InChI is InChI=1S/C13H13N3O2/c14-13-11(8-9-12(15-13)16(17)18)7-6-10-4-2-1-3-5-10/h1-5,8-9H,6-7H2,(H2,14,15). The summed E-state index contributed by atoms with van der Waals surface area (Å²) in [6.07, 6.45) is 1.56. The maximum absolute atomic E-state index is 10.5. The molecule has 0 aliphatic heterocycles. The second kappa shape index (κ2) is 5.27. The van der Waals surface area contributed by atoms with Crippen LogP contribution >= 0.6 is 0 Å². The molecule has 1 aromatic carbocycles. The predicted octanol–water partition coefficient (Wildman–Crippen LogP) is 2.36. The lowest BCUT2D eigenvalue weighted by Crippen LogP contribution is -2.02. The van der Waals surface area contributed by atoms with Crippen LogP contribution in [0.3, 0.4) is 0 Å². The Bertz CT molecular complexity index is 555. The molecular formula is C13H13N3O2. The van der Waals surface area contributed by atoms with Crippen LogP contribution in [0.25, 0.3) is 0 Å². The number of nitro groups is 1. The Hall–Kier alpha value is -2.43. The van der Waals surface area contributed by atoms with Crippen molar-refractivity contribution in [1.82, 2.24) is 4.98 Å². The van der Waals surface area contributed by atoms with E-state index in [1.54, 1.807) is 6.07 Å². The van der Waals surface area contributed by atoms with E-state index in [1.807, 2.05) is 30.3 Å². The quantitative estimate of drug-likeness (QED) is 0.660. The van der Waals surface area contributed by atoms with Gasteiger partial charge in [0, 0.05) is 11.6 Å². The summed E-state index contributed by atoms with van der Waals surface area (Å²) >= 11 is 0. The molecule has 0 amide bonds. The van der Waals surface area contributed by atoms with E-state index >= 15 is 0 Å². The molecule has 2 N–H and O–H groups in total. The Kier molecular flexibility index (Phi) is 3.52. The van der Waals surface area contributed by atoms with Crippen molar-refractivity contribution in [2.75, 3.05) is 5.73 Å². The number of anilines is 1. The van der Waals surface area contributed by atoms with Gasteiger partial charge in [0.2, 0.25) is 5.82 Å². The van der Waals surface area contributed by atoms with Gasteiger partial charge in [0.25, 0.3) is 0 Å². The minimum Gasteiger partial charge on any atom is -0.363 e. The van der Waals surface area contributed by atoms with Crippen molar-refractivity contribution in [3.63, 3.8) is 0 Å². The lowest BCUT2D eigenvalue weighted by Gasteiger charge is -2.02. The van der Waals surface area contributed by atoms with Crippen LogP contribution in [0.2, 0.25) is 0 Å². The highest BCUT2D eigenvalue weighted by Gasteiger charge is 2.12. The lowest BCUT2D eigenvalue weighted by atomic mass is 10.1. The van der Waals surface area contributed by atoms with Crippen LogP contribution in [0.4, 0.5) is 11.6 Å². The van der Waals surface area contributed by atoms with E-state index < -0.39 is 4.92 Å². The SMILES string of the molecule is Nc1nc([N+](=O)[O-])ccc1CCc1ccccc1. The number of aryl methyl sites for hydroxylation is 2. The molecule has 5 heteroatoms. The molecule has 0 aliphatic carbocycles. The van der Waals surface area contributed by atoms with Crippen molar-refractivity contribution in [1.29, 1.82) is 0 Å². The highest BCUT2D eigenvalue weighted by atomic mass is 16.6. The topological polar surface area (TPSA) is 82.0 Å². The van der Waals surface area contributed by atoms with Crippen LogP contribution in [-0.4, -0.2) is 9.91 Å². The van der Waals surface area contributed by atoms with Crippen molar-refractivity contribution in [2.24, 2.45) is 0 Å². The number of rotatable bonds is 4. The molecule has 1 heterocycles. The third kappa shape index (κ3) is 2.82. The van der Waals surface area contributed by atoms with Gasteiger partial charge in [-0.2, -0.15) is 0 Å². The van der Waals surface area contributed by atoms with Crippen molar-refractivity contribution in [2.45, 2.75) is 12.8 Å². The van der Waals surface area contributed by atoms with Gasteiger partial charge in [-0.1, -0.05) is 30.3 Å². The second-order valence-electron chi connectivity index (χ2n) is 3.96. The Morgan fingerprint density at radius 1 is 1.11 bits per heavy atom. The fraction of sp³-hybridized carbons (Fsp3) is 0.154. The number of hydrogen-bond donors (Lipinski definition) is 1. The van der Waals surface area contributed by atoms with E-state index in [9.17, 15) is 10.1 Å². The van der Waals surface area contributed by atoms with E-state index in [2.05, 4.69) is 4.98 Å². The minimum atomic E-state index is -0.544. The summed E-state index contributed by atoms with van der Waals surface area (Å²) in [5, 5.41) is 10.5. The zero-order valence-corrected chi connectivity index (χ0v) is 9.74. The molecule has 0 atom stereocenters. The van der Waals surface area contributed by atoms with E-state index in [1.165, 1.54) is 11.6 Å². The lowest BCUT2D eigenvalue weighted by molar-refractivity contribution is -0.389. The van der Waals surface area contributed by atoms with Crippen LogP contribution in [0.1, 0.15) is 11.1 Å². The number of aromatic nitrogens is 1. The van der Waals surface area contributed by atoms with Gasteiger partial charge in [-0.15, -0.1) is 0 Å². The van der Waals surface area contributed by atoms with E-state index in [0.717, 1.165) is 18.4 Å². The molecule has 0 radical (unpaired) electrons. The molecule has 2 rings (SSSR count). The number of hydrogen-bond acceptors (Lipinski definition) is 4. The van der Waals surface area contributed by atoms with Crippen LogP contribution in [0.15, 0.2) is 42.5 Å². The Balaban J connectivity index is 2.08. The number of nitrogens with two attached hydrogens (primary N) is 1. The van der Waals surface area contributed by atoms with Gasteiger partial charge >= 0.3 is 5.82 Å². The fourth-order valence-electron chi connectivity index (χ4n) is 1.73. The van der Waals surface area contributed by atoms with Gasteiger partial charge < -0.3 is 15.8 Å². The van der Waals surface area contributed by atoms with Crippen molar-refractivity contribution < 1.29 is 4.92 Å². The molecule has 18 heavy (non-hydrogen) atoms. The predicted molar refractivity (Wildman–Crippen MR) is 69.2 cm³/mol. The van der Waals surface area contributed by atoms with Gasteiger partial charge in [0.15, 0.2) is 0 Å². The zero-order valence-electron chi connectivity index (χ0n) is 9.74. The summed E-state index contributed by atoms with van der Waals surface area (Å²) in [6.45, 7) is 0. The summed E-state index contributed by atoms with van der Waals surface area (Å²) in [6, 6.07) is 13.1. The van der Waals surface area contributed by atoms with Gasteiger partial charge in [-0.25, -0.2) is 0 Å². The Morgan fingerprint density at radius 2 is 1.83 bits per heavy atom. The molecule has 92 valence electrons. The Labute approximate surface area is 104 Å². The number of benzene rings is 1. The molecule has 0 unspecified atom stereocenters. The summed E-state index contributed by atoms with van der Waals surface area (Å²) in [4.78, 5) is 13.8. The number of nitrogen functional groups attached to an aromatic ring is 1. The first kappa shape index (κ1) is 12.0. The minimum absolute atomic E-state index is 0.212. The molecule has 0 aliphatic rings. The van der Waals surface area contributed by atoms with Crippen molar-refractivity contribution in [3.8, 4) is 0 Å². The normalized spacial score (nSPS) is 10.2. The van der Waals surface area contributed by atoms with E-state index in [4.69, 9.17) is 5.73 Å². The number of nitrogens with zero attached hydrogens (tertiary/aromatic N) is 2. The van der Waals surface area contributed by atoms with Crippen molar-refractivity contribution in [3.05, 3.63) is 63.7 Å². The van der Waals surface area contributed by atoms with Crippen LogP contribution in [-0.2, 0) is 12.8 Å². The third-order valence-electron chi connectivity index (χ3n) is 2.71. The van der Waals surface area contributed by atoms with Crippen LogP contribution < -0.4 is 5.73 Å². The fourth-order valence-corrected chi connectivity index (χ4v) is 1.73. The largest absolute Gasteiger partial charge is 0.365 e. The molecule has 2 aromatic rings. The highest BCUT2D eigenvalue weighted by Crippen LogP contribution is 2.17. The molecule has 0 saturated carbocycles. The maximum atomic E-state index is 10.5. The summed E-state index contributed by atoms with van der Waals surface area (Å²) in [5.74, 6) is 0.0242. The smallest absolute Gasteiger partial charge is 0.363 e. The van der Waals surface area contributed by atoms with Crippen LogP contribution in [0.5, 0.6) is 0 Å². The molecule has 0 saturated heterocycles. The Morgan fingerprint density at radius 3 is 2.44 bits per heavy atom. The first-order valence-electron chi connectivity index (χ1n) is 5.60. The monoisotopic (exact) mass is 243 g/mol. The van der Waals surface area contributed by atoms with Gasteiger partial charge in [0.05, 0.1) is 0 Å². The third-order valence-corrected chi connectivity index (χ3v) is 2.71. The average molecular weight is 243 g/mol. The average Bonchev–Trinajstić information content (AvgIpc) is 2.38. The molecule has 0 spiro atoms. The van der Waals surface area contributed by atoms with Crippen molar-refractivity contribution >= 4 is 11.6 Å². The van der Waals surface area contributed by atoms with Gasteiger partial charge in [-0.3, -0.25) is 0 Å². The molecular weight excluding hydrogens is 230 g/mol. The maximum Gasteiger partial charge on any atom is 0.365 e. The van der Waals surface area contributed by atoms with Crippen LogP contribution in [0, 0.1) is 10.1 Å².